The van der Waals surface area contributed by atoms with Gasteiger partial charge in [-0.15, -0.1) is 0 Å². The number of likely N-dealkylation sites (N-methyl/N-ethyl adjacent to an activating group) is 1. The lowest BCUT2D eigenvalue weighted by Crippen LogP contribution is -2.40. The van der Waals surface area contributed by atoms with Crippen LogP contribution in [0.25, 0.3) is 0 Å². The van der Waals surface area contributed by atoms with Crippen LogP contribution in [0.15, 0.2) is 18.3 Å². The van der Waals surface area contributed by atoms with Crippen LogP contribution in [0.5, 0.6) is 0 Å². The van der Waals surface area contributed by atoms with Gasteiger partial charge in [-0.1, -0.05) is 0 Å². The third-order valence-corrected chi connectivity index (χ3v) is 2.50. The topological polar surface area (TPSA) is 70.5 Å². The molecule has 5 heteroatoms. The van der Waals surface area contributed by atoms with Crippen molar-refractivity contribution in [2.45, 2.75) is 19.9 Å². The summed E-state index contributed by atoms with van der Waals surface area (Å²) >= 11 is 0. The van der Waals surface area contributed by atoms with Gasteiger partial charge in [-0.3, -0.25) is 9.78 Å². The van der Waals surface area contributed by atoms with Gasteiger partial charge in [-0.25, -0.2) is 4.79 Å². The molecule has 0 spiro atoms. The molecule has 1 aromatic rings. The van der Waals surface area contributed by atoms with Crippen molar-refractivity contribution < 1.29 is 14.7 Å². The summed E-state index contributed by atoms with van der Waals surface area (Å²) in [6.07, 6.45) is 1.59. The van der Waals surface area contributed by atoms with Gasteiger partial charge in [0.15, 0.2) is 0 Å². The standard InChI is InChI=1S/C11H14N2O3/c1-7-9(5-4-6-12-7)10(14)13(3)8(2)11(15)16/h4-6,8H,1-3H3,(H,15,16). The van der Waals surface area contributed by atoms with Crippen LogP contribution < -0.4 is 0 Å². The van der Waals surface area contributed by atoms with Gasteiger partial charge < -0.3 is 10.0 Å². The first-order valence-electron chi connectivity index (χ1n) is 4.86. The molecule has 0 aliphatic heterocycles. The van der Waals surface area contributed by atoms with Gasteiger partial charge in [0.2, 0.25) is 0 Å². The van der Waals surface area contributed by atoms with Crippen LogP contribution >= 0.6 is 0 Å². The normalized spacial score (nSPS) is 11.9. The van der Waals surface area contributed by atoms with Gasteiger partial charge in [0.1, 0.15) is 6.04 Å². The maximum atomic E-state index is 11.9. The number of aryl methyl sites for hydroxylation is 1. The van der Waals surface area contributed by atoms with E-state index in [0.29, 0.717) is 11.3 Å². The summed E-state index contributed by atoms with van der Waals surface area (Å²) in [6, 6.07) is 2.43. The lowest BCUT2D eigenvalue weighted by Gasteiger charge is -2.21. The van der Waals surface area contributed by atoms with Crippen LogP contribution in [0, 0.1) is 6.92 Å². The van der Waals surface area contributed by atoms with Crippen molar-refractivity contribution in [2.24, 2.45) is 0 Å². The van der Waals surface area contributed by atoms with E-state index >= 15 is 0 Å². The van der Waals surface area contributed by atoms with Crippen molar-refractivity contribution in [3.8, 4) is 0 Å². The number of carbonyl (C=O) groups excluding carboxylic acids is 1. The van der Waals surface area contributed by atoms with Crippen LogP contribution in [0.4, 0.5) is 0 Å². The molecule has 0 fully saturated rings. The third-order valence-electron chi connectivity index (χ3n) is 2.50. The summed E-state index contributed by atoms with van der Waals surface area (Å²) < 4.78 is 0. The molecule has 1 atom stereocenters. The second kappa shape index (κ2) is 4.74. The fourth-order valence-electron chi connectivity index (χ4n) is 1.24. The Labute approximate surface area is 93.7 Å². The number of hydrogen-bond acceptors (Lipinski definition) is 3. The zero-order valence-electron chi connectivity index (χ0n) is 9.47. The number of hydrogen-bond donors (Lipinski definition) is 1. The van der Waals surface area contributed by atoms with Gasteiger partial charge in [-0.05, 0) is 26.0 Å². The molecule has 1 rings (SSSR count). The lowest BCUT2D eigenvalue weighted by atomic mass is 10.1. The van der Waals surface area contributed by atoms with E-state index < -0.39 is 12.0 Å². The molecule has 0 bridgehead atoms. The Hall–Kier alpha value is -1.91. The molecule has 1 aromatic heterocycles. The monoisotopic (exact) mass is 222 g/mol. The molecule has 0 saturated heterocycles. The summed E-state index contributed by atoms with van der Waals surface area (Å²) in [5.41, 5.74) is 1.02. The molecule has 86 valence electrons. The zero-order valence-corrected chi connectivity index (χ0v) is 9.47. The van der Waals surface area contributed by atoms with E-state index in [1.807, 2.05) is 0 Å². The summed E-state index contributed by atoms with van der Waals surface area (Å²) in [5.74, 6) is -1.36. The maximum Gasteiger partial charge on any atom is 0.326 e. The molecule has 5 nitrogen and oxygen atoms in total. The first-order chi connectivity index (χ1) is 7.45. The molecule has 0 saturated carbocycles. The Balaban J connectivity index is 2.95. The molecule has 1 heterocycles. The highest BCUT2D eigenvalue weighted by molar-refractivity contribution is 5.97. The smallest absolute Gasteiger partial charge is 0.326 e. The van der Waals surface area contributed by atoms with E-state index in [9.17, 15) is 9.59 Å². The van der Waals surface area contributed by atoms with Crippen LogP contribution in [-0.2, 0) is 4.79 Å². The number of amides is 1. The first-order valence-corrected chi connectivity index (χ1v) is 4.86. The number of carboxylic acids is 1. The maximum absolute atomic E-state index is 11.9. The number of rotatable bonds is 3. The minimum absolute atomic E-state index is 0.333. The molecule has 0 aromatic carbocycles. The molecule has 0 aliphatic rings. The van der Waals surface area contributed by atoms with Crippen molar-refractivity contribution in [3.05, 3.63) is 29.6 Å². The molecule has 1 N–H and O–H groups in total. The van der Waals surface area contributed by atoms with Crippen LogP contribution in [0.3, 0.4) is 0 Å². The van der Waals surface area contributed by atoms with Gasteiger partial charge in [0.25, 0.3) is 5.91 Å². The van der Waals surface area contributed by atoms with Gasteiger partial charge >= 0.3 is 5.97 Å². The van der Waals surface area contributed by atoms with Crippen molar-refractivity contribution >= 4 is 11.9 Å². The van der Waals surface area contributed by atoms with Gasteiger partial charge in [-0.2, -0.15) is 0 Å². The van der Waals surface area contributed by atoms with Crippen molar-refractivity contribution in [2.75, 3.05) is 7.05 Å². The molecule has 1 unspecified atom stereocenters. The molecule has 0 aliphatic carbocycles. The summed E-state index contributed by atoms with van der Waals surface area (Å²) in [5, 5.41) is 8.81. The minimum Gasteiger partial charge on any atom is -0.480 e. The van der Waals surface area contributed by atoms with E-state index in [1.54, 1.807) is 25.3 Å². The third kappa shape index (κ3) is 2.36. The van der Waals surface area contributed by atoms with Crippen molar-refractivity contribution in [1.82, 2.24) is 9.88 Å². The highest BCUT2D eigenvalue weighted by Crippen LogP contribution is 2.09. The largest absolute Gasteiger partial charge is 0.480 e. The van der Waals surface area contributed by atoms with Gasteiger partial charge in [0.05, 0.1) is 5.56 Å². The van der Waals surface area contributed by atoms with Gasteiger partial charge in [0, 0.05) is 18.9 Å². The SMILES string of the molecule is Cc1ncccc1C(=O)N(C)C(C)C(=O)O. The van der Waals surface area contributed by atoms with Crippen molar-refractivity contribution in [1.29, 1.82) is 0 Å². The highest BCUT2D eigenvalue weighted by atomic mass is 16.4. The Morgan fingerprint density at radius 2 is 2.12 bits per heavy atom. The molecule has 1 amide bonds. The quantitative estimate of drug-likeness (QED) is 0.826. The van der Waals surface area contributed by atoms with E-state index in [1.165, 1.54) is 18.9 Å². The van der Waals surface area contributed by atoms with Crippen LogP contribution in [0.1, 0.15) is 23.0 Å². The highest BCUT2D eigenvalue weighted by Gasteiger charge is 2.23. The fraction of sp³-hybridized carbons (Fsp3) is 0.364. The zero-order chi connectivity index (χ0) is 12.3. The predicted octanol–water partition coefficient (Wildman–Crippen LogP) is 0.935. The fourth-order valence-corrected chi connectivity index (χ4v) is 1.24. The van der Waals surface area contributed by atoms with Crippen molar-refractivity contribution in [3.63, 3.8) is 0 Å². The lowest BCUT2D eigenvalue weighted by molar-refractivity contribution is -0.141. The number of pyridine rings is 1. The Morgan fingerprint density at radius 1 is 1.50 bits per heavy atom. The number of carbonyl (C=O) groups is 2. The van der Waals surface area contributed by atoms with Crippen LogP contribution in [0.2, 0.25) is 0 Å². The Bertz CT molecular complexity index is 417. The van der Waals surface area contributed by atoms with E-state index in [4.69, 9.17) is 5.11 Å². The average molecular weight is 222 g/mol. The minimum atomic E-state index is -1.03. The predicted molar refractivity (Wildman–Crippen MR) is 58.2 cm³/mol. The second-order valence-corrected chi connectivity index (χ2v) is 3.57. The van der Waals surface area contributed by atoms with E-state index in [-0.39, 0.29) is 5.91 Å². The summed E-state index contributed by atoms with van der Waals surface area (Å²) in [4.78, 5) is 27.9. The molecular formula is C11H14N2O3. The average Bonchev–Trinajstić information content (AvgIpc) is 2.26. The second-order valence-electron chi connectivity index (χ2n) is 3.57. The van der Waals surface area contributed by atoms with Crippen LogP contribution in [-0.4, -0.2) is 40.0 Å². The van der Waals surface area contributed by atoms with E-state index in [0.717, 1.165) is 0 Å². The Morgan fingerprint density at radius 3 is 2.62 bits per heavy atom. The van der Waals surface area contributed by atoms with E-state index in [2.05, 4.69) is 4.98 Å². The summed E-state index contributed by atoms with van der Waals surface area (Å²) in [7, 11) is 1.47. The summed E-state index contributed by atoms with van der Waals surface area (Å²) in [6.45, 7) is 3.18. The molecule has 0 radical (unpaired) electrons. The number of aliphatic carboxylic acids is 1. The molecular weight excluding hydrogens is 208 g/mol. The first kappa shape index (κ1) is 12.2. The Kier molecular flexibility index (Phi) is 3.60. The number of nitrogens with zero attached hydrogens (tertiary/aromatic N) is 2. The number of carboxylic acid groups (broad SMARTS) is 1. The molecule has 16 heavy (non-hydrogen) atoms. The number of aromatic nitrogens is 1.